The summed E-state index contributed by atoms with van der Waals surface area (Å²) in [7, 11) is -9.53. The molecule has 4 heterocycles. The number of nitrogens with one attached hydrogen (secondary N) is 1. The van der Waals surface area contributed by atoms with Gasteiger partial charge in [0, 0.05) is 6.92 Å². The summed E-state index contributed by atoms with van der Waals surface area (Å²) in [5.41, 5.74) is 6.19. The lowest BCUT2D eigenvalue weighted by atomic mass is 10.1. The number of anilines is 1. The molecule has 6 unspecified atom stereocenters. The van der Waals surface area contributed by atoms with E-state index in [1.807, 2.05) is 0 Å². The van der Waals surface area contributed by atoms with Crippen LogP contribution in [-0.2, 0) is 32.4 Å². The van der Waals surface area contributed by atoms with Crippen LogP contribution in [0.4, 0.5) is 5.82 Å². The molecule has 2 aliphatic rings. The molecule has 0 spiro atoms. The van der Waals surface area contributed by atoms with E-state index >= 15 is 0 Å². The monoisotopic (exact) mass is 596 g/mol. The number of carbonyl (C=O) groups is 1. The molecule has 2 aromatic rings. The Balaban J connectivity index is 1.32. The molecule has 0 radical (unpaired) electrons. The Morgan fingerprint density at radius 1 is 1.05 bits per heavy atom. The summed E-state index contributed by atoms with van der Waals surface area (Å²) in [6, 6.07) is -0.774. The van der Waals surface area contributed by atoms with Crippen LogP contribution >= 0.6 is 15.2 Å². The molecule has 0 aromatic carbocycles. The molecule has 2 saturated heterocycles. The van der Waals surface area contributed by atoms with Gasteiger partial charge in [0.1, 0.15) is 42.4 Å². The van der Waals surface area contributed by atoms with Crippen LogP contribution in [0.1, 0.15) is 20.1 Å². The third-order valence-electron chi connectivity index (χ3n) is 6.25. The fourth-order valence-electron chi connectivity index (χ4n) is 4.37. The number of ether oxygens (including phenoxy) is 2. The number of nitrogen functional groups attached to an aromatic ring is 1. The van der Waals surface area contributed by atoms with Crippen molar-refractivity contribution in [3.8, 4) is 0 Å². The molecule has 1 amide bonds. The van der Waals surface area contributed by atoms with Crippen molar-refractivity contribution in [2.24, 2.45) is 0 Å². The van der Waals surface area contributed by atoms with Crippen LogP contribution < -0.4 is 11.1 Å². The van der Waals surface area contributed by atoms with Crippen molar-refractivity contribution in [3.63, 3.8) is 0 Å². The maximum Gasteiger partial charge on any atom is 0.340 e. The average molecular weight is 596 g/mol. The first-order valence-electron chi connectivity index (χ1n) is 11.7. The van der Waals surface area contributed by atoms with Gasteiger partial charge in [0.25, 0.3) is 0 Å². The van der Waals surface area contributed by atoms with Gasteiger partial charge in [-0.2, -0.15) is 0 Å². The topological polar surface area (TPSA) is 271 Å². The first-order chi connectivity index (χ1) is 18.2. The van der Waals surface area contributed by atoms with E-state index in [0.29, 0.717) is 0 Å². The number of aromatic nitrogens is 4. The smallest absolute Gasteiger partial charge is 0.340 e. The average Bonchev–Trinajstić information content (AvgIpc) is 3.47. The maximum atomic E-state index is 12.5. The molecule has 8 N–H and O–H groups in total. The molecule has 18 nitrogen and oxygen atoms in total. The third-order valence-corrected chi connectivity index (χ3v) is 10.2. The van der Waals surface area contributed by atoms with Crippen LogP contribution in [-0.4, -0.2) is 112 Å². The Kier molecular flexibility index (Phi) is 8.76. The number of aliphatic hydroxyl groups excluding tert-OH is 3. The van der Waals surface area contributed by atoms with E-state index in [4.69, 9.17) is 24.3 Å². The Morgan fingerprint density at radius 3 is 2.28 bits per heavy atom. The van der Waals surface area contributed by atoms with Crippen LogP contribution in [0.3, 0.4) is 0 Å². The van der Waals surface area contributed by atoms with Crippen molar-refractivity contribution >= 4 is 38.1 Å². The summed E-state index contributed by atoms with van der Waals surface area (Å²) < 4.78 is 47.2. The predicted octanol–water partition coefficient (Wildman–Crippen LogP) is -1.96. The van der Waals surface area contributed by atoms with Gasteiger partial charge in [0.15, 0.2) is 23.6 Å². The number of nitrogens with zero attached hydrogens (tertiary/aromatic N) is 4. The fraction of sp³-hybridized carbons (Fsp3) is 0.684. The predicted molar refractivity (Wildman–Crippen MR) is 130 cm³/mol. The normalized spacial score (nSPS) is 34.1. The second kappa shape index (κ2) is 11.4. The number of hydrogen-bond acceptors (Lipinski definition) is 14. The molecular weight excluding hydrogens is 566 g/mol. The van der Waals surface area contributed by atoms with Crippen LogP contribution in [0.2, 0.25) is 0 Å². The lowest BCUT2D eigenvalue weighted by Gasteiger charge is -2.21. The molecule has 10 atom stereocenters. The first-order valence-corrected chi connectivity index (χ1v) is 15.2. The second-order valence-corrected chi connectivity index (χ2v) is 13.4. The summed E-state index contributed by atoms with van der Waals surface area (Å²) in [4.78, 5) is 43.5. The van der Waals surface area contributed by atoms with Gasteiger partial charge < -0.3 is 54.7 Å². The molecule has 2 aromatic heterocycles. The number of aliphatic hydroxyl groups is 3. The van der Waals surface area contributed by atoms with Crippen LogP contribution in [0.15, 0.2) is 12.7 Å². The molecule has 2 aliphatic heterocycles. The lowest BCUT2D eigenvalue weighted by Crippen LogP contribution is -2.46. The van der Waals surface area contributed by atoms with Crippen LogP contribution in [0, 0.1) is 0 Å². The van der Waals surface area contributed by atoms with E-state index in [1.165, 1.54) is 24.1 Å². The fourth-order valence-corrected chi connectivity index (χ4v) is 7.59. The van der Waals surface area contributed by atoms with Gasteiger partial charge in [-0.1, -0.05) is 0 Å². The molecule has 2 fully saturated rings. The zero-order chi connectivity index (χ0) is 28.7. The summed E-state index contributed by atoms with van der Waals surface area (Å²) in [5.74, 6) is -1.64. The molecule has 0 bridgehead atoms. The minimum atomic E-state index is -4.79. The number of rotatable bonds is 10. The van der Waals surface area contributed by atoms with E-state index in [-0.39, 0.29) is 17.0 Å². The summed E-state index contributed by atoms with van der Waals surface area (Å²) in [5, 5.41) is 33.7. The SMILES string of the molecule is CC(=O)NC1C(C)O[C@H](COP(=O)(O)CP(=O)(O)OC[C@H]2O[C@@H](n3cnc4c(N)ncnc43)C(O)C2O)[C@@H]1O. The Labute approximate surface area is 221 Å². The molecule has 218 valence electrons. The van der Waals surface area contributed by atoms with Gasteiger partial charge in [0.2, 0.25) is 5.91 Å². The van der Waals surface area contributed by atoms with Gasteiger partial charge in [-0.05, 0) is 6.92 Å². The number of imidazole rings is 1. The third kappa shape index (κ3) is 6.64. The number of hydrogen-bond donors (Lipinski definition) is 7. The largest absolute Gasteiger partial charge is 0.388 e. The zero-order valence-electron chi connectivity index (χ0n) is 20.7. The maximum absolute atomic E-state index is 12.5. The Bertz CT molecular complexity index is 1300. The van der Waals surface area contributed by atoms with Crippen LogP contribution in [0.25, 0.3) is 11.2 Å². The molecule has 39 heavy (non-hydrogen) atoms. The van der Waals surface area contributed by atoms with Crippen molar-refractivity contribution in [2.75, 3.05) is 24.9 Å². The first kappa shape index (κ1) is 29.9. The summed E-state index contributed by atoms with van der Waals surface area (Å²) in [6.45, 7) is 1.50. The molecule has 4 rings (SSSR count). The van der Waals surface area contributed by atoms with Gasteiger partial charge >= 0.3 is 15.2 Å². The minimum Gasteiger partial charge on any atom is -0.388 e. The van der Waals surface area contributed by atoms with E-state index in [1.54, 1.807) is 6.92 Å². The molecular formula is C19H30N6O12P2. The van der Waals surface area contributed by atoms with Crippen molar-refractivity contribution in [2.45, 2.75) is 62.7 Å². The number of fused-ring (bicyclic) bond motifs is 1. The number of amides is 1. The van der Waals surface area contributed by atoms with E-state index in [2.05, 4.69) is 20.3 Å². The van der Waals surface area contributed by atoms with E-state index in [9.17, 15) is 39.0 Å². The van der Waals surface area contributed by atoms with Gasteiger partial charge in [-0.15, -0.1) is 0 Å². The van der Waals surface area contributed by atoms with Crippen LogP contribution in [0.5, 0.6) is 0 Å². The van der Waals surface area contributed by atoms with Gasteiger partial charge in [-0.25, -0.2) is 15.0 Å². The highest BCUT2D eigenvalue weighted by atomic mass is 31.2. The lowest BCUT2D eigenvalue weighted by molar-refractivity contribution is -0.120. The second-order valence-electron chi connectivity index (χ2n) is 9.23. The summed E-state index contributed by atoms with van der Waals surface area (Å²) >= 11 is 0. The molecule has 0 aliphatic carbocycles. The highest BCUT2D eigenvalue weighted by molar-refractivity contribution is 7.70. The Morgan fingerprint density at radius 2 is 1.67 bits per heavy atom. The molecule has 0 saturated carbocycles. The summed E-state index contributed by atoms with van der Waals surface area (Å²) in [6.07, 6.45) is -6.12. The number of carbonyl (C=O) groups excluding carboxylic acids is 1. The van der Waals surface area contributed by atoms with Crippen molar-refractivity contribution in [1.82, 2.24) is 24.8 Å². The minimum absolute atomic E-state index is 0.0830. The highest BCUT2D eigenvalue weighted by Crippen LogP contribution is 2.58. The van der Waals surface area contributed by atoms with E-state index < -0.39 is 89.1 Å². The molecule has 20 heteroatoms. The van der Waals surface area contributed by atoms with Crippen molar-refractivity contribution in [1.29, 1.82) is 0 Å². The van der Waals surface area contributed by atoms with Crippen molar-refractivity contribution < 1.29 is 57.6 Å². The standard InChI is InChI=1S/C19H30N6O12P2/c1-8-12(24-9(2)26)14(27)10(36-8)3-34-38(30,31)7-39(32,33)35-4-11-15(28)16(29)19(37-11)25-6-23-13-17(20)21-5-22-18(13)25/h5-6,8,10-12,14-16,19,27-29H,3-4,7H2,1-2H3,(H,24,26)(H,30,31)(H,32,33)(H2,20,21,22)/t8?,10-,11-,12?,14+,15?,16?,19-/m1/s1. The number of nitrogens with two attached hydrogens (primary N) is 1. The Hall–Kier alpha value is -2.08. The highest BCUT2D eigenvalue weighted by Gasteiger charge is 2.47. The van der Waals surface area contributed by atoms with E-state index in [0.717, 1.165) is 0 Å². The zero-order valence-corrected chi connectivity index (χ0v) is 22.5. The van der Waals surface area contributed by atoms with Gasteiger partial charge in [-0.3, -0.25) is 18.5 Å². The van der Waals surface area contributed by atoms with Crippen molar-refractivity contribution in [3.05, 3.63) is 12.7 Å². The van der Waals surface area contributed by atoms with Gasteiger partial charge in [0.05, 0.1) is 31.7 Å². The quantitative estimate of drug-likeness (QED) is 0.147.